The van der Waals surface area contributed by atoms with Gasteiger partial charge in [0.1, 0.15) is 0 Å². The second-order valence-corrected chi connectivity index (χ2v) is 4.37. The second-order valence-electron chi connectivity index (χ2n) is 2.08. The molecule has 0 amide bonds. The van der Waals surface area contributed by atoms with Gasteiger partial charge in [0.15, 0.2) is 0 Å². The molecule has 1 aromatic rings. The van der Waals surface area contributed by atoms with Crippen LogP contribution in [0.1, 0.15) is 1.43 Å². The molecule has 0 atom stereocenters. The van der Waals surface area contributed by atoms with Gasteiger partial charge in [0.2, 0.25) is 0 Å². The van der Waals surface area contributed by atoms with Crippen molar-refractivity contribution in [3.05, 3.63) is 28.2 Å². The van der Waals surface area contributed by atoms with Crippen LogP contribution in [-0.4, -0.2) is 13.0 Å². The topological polar surface area (TPSA) is 54.4 Å². The van der Waals surface area contributed by atoms with E-state index >= 15 is 0 Å². The van der Waals surface area contributed by atoms with Crippen LogP contribution in [0.3, 0.4) is 0 Å². The van der Waals surface area contributed by atoms with E-state index in [1.165, 1.54) is 6.07 Å². The van der Waals surface area contributed by atoms with E-state index in [2.05, 4.69) is 0 Å². The van der Waals surface area contributed by atoms with Gasteiger partial charge in [-0.25, -0.2) is 0 Å². The van der Waals surface area contributed by atoms with Crippen molar-refractivity contribution in [3.8, 4) is 0 Å². The van der Waals surface area contributed by atoms with Gasteiger partial charge in [-0.15, -0.1) is 0 Å². The third kappa shape index (κ3) is 4.16. The van der Waals surface area contributed by atoms with Crippen LogP contribution in [-0.2, 0) is 10.1 Å². The number of halogens is 2. The van der Waals surface area contributed by atoms with Crippen molar-refractivity contribution in [1.82, 2.24) is 0 Å². The molecule has 0 bridgehead atoms. The first kappa shape index (κ1) is 13.7. The molecule has 3 nitrogen and oxygen atoms in total. The summed E-state index contributed by atoms with van der Waals surface area (Å²) >= 11 is 11.0. The van der Waals surface area contributed by atoms with Gasteiger partial charge in [0, 0.05) is 10.0 Å². The molecule has 1 N–H and O–H groups in total. The fraction of sp³-hybridized carbons (Fsp3) is 0. The molecular formula is C6H5Cl2NaO3S. The van der Waals surface area contributed by atoms with E-state index in [0.29, 0.717) is 0 Å². The molecular weight excluding hydrogens is 246 g/mol. The Morgan fingerprint density at radius 3 is 1.85 bits per heavy atom. The molecule has 7 heteroatoms. The summed E-state index contributed by atoms with van der Waals surface area (Å²) in [6.07, 6.45) is 0. The normalized spacial score (nSPS) is 10.7. The molecule has 0 fully saturated rings. The molecule has 0 aliphatic heterocycles. The number of benzene rings is 1. The number of rotatable bonds is 1. The van der Waals surface area contributed by atoms with Crippen LogP contribution in [0.5, 0.6) is 0 Å². The Morgan fingerprint density at radius 1 is 1.15 bits per heavy atom. The maximum atomic E-state index is 10.6. The molecule has 0 saturated heterocycles. The molecule has 68 valence electrons. The third-order valence-corrected chi connectivity index (χ3v) is 2.40. The van der Waals surface area contributed by atoms with Crippen LogP contribution in [0.25, 0.3) is 0 Å². The van der Waals surface area contributed by atoms with Gasteiger partial charge in [0.25, 0.3) is 10.1 Å². The molecule has 1 aromatic carbocycles. The SMILES string of the molecule is O=S(=O)(O)c1cc(Cl)cc(Cl)c1.[H-].[Na+]. The van der Waals surface area contributed by atoms with Gasteiger partial charge in [-0.05, 0) is 18.2 Å². The summed E-state index contributed by atoms with van der Waals surface area (Å²) in [5.41, 5.74) is 0. The van der Waals surface area contributed by atoms with Crippen molar-refractivity contribution in [2.24, 2.45) is 0 Å². The van der Waals surface area contributed by atoms with E-state index in [1.54, 1.807) is 0 Å². The first-order chi connectivity index (χ1) is 5.39. The van der Waals surface area contributed by atoms with Gasteiger partial charge in [-0.3, -0.25) is 4.55 Å². The summed E-state index contributed by atoms with van der Waals surface area (Å²) in [7, 11) is -4.22. The minimum Gasteiger partial charge on any atom is -1.00 e. The van der Waals surface area contributed by atoms with Crippen molar-refractivity contribution in [1.29, 1.82) is 0 Å². The molecule has 0 unspecified atom stereocenters. The van der Waals surface area contributed by atoms with Gasteiger partial charge >= 0.3 is 29.6 Å². The van der Waals surface area contributed by atoms with Crippen LogP contribution >= 0.6 is 23.2 Å². The summed E-state index contributed by atoms with van der Waals surface area (Å²) in [5, 5.41) is 0.324. The maximum Gasteiger partial charge on any atom is 1.00 e. The molecule has 0 heterocycles. The summed E-state index contributed by atoms with van der Waals surface area (Å²) in [6.45, 7) is 0. The molecule has 0 aromatic heterocycles. The Balaban J connectivity index is 0. The summed E-state index contributed by atoms with van der Waals surface area (Å²) in [4.78, 5) is -0.306. The fourth-order valence-electron chi connectivity index (χ4n) is 0.677. The summed E-state index contributed by atoms with van der Waals surface area (Å²) < 4.78 is 29.7. The molecule has 0 spiro atoms. The quantitative estimate of drug-likeness (QED) is 0.533. The van der Waals surface area contributed by atoms with Crippen LogP contribution in [0.2, 0.25) is 10.0 Å². The largest absolute Gasteiger partial charge is 1.00 e. The van der Waals surface area contributed by atoms with E-state index in [-0.39, 0.29) is 45.9 Å². The van der Waals surface area contributed by atoms with Crippen molar-refractivity contribution < 1.29 is 44.0 Å². The second kappa shape index (κ2) is 4.98. The Kier molecular flexibility index (Phi) is 5.25. The molecule has 0 aliphatic rings. The van der Waals surface area contributed by atoms with Crippen molar-refractivity contribution in [3.63, 3.8) is 0 Å². The molecule has 0 aliphatic carbocycles. The number of hydrogen-bond donors (Lipinski definition) is 1. The van der Waals surface area contributed by atoms with Crippen LogP contribution in [0, 0.1) is 0 Å². The van der Waals surface area contributed by atoms with E-state index in [1.807, 2.05) is 0 Å². The van der Waals surface area contributed by atoms with Crippen LogP contribution in [0.15, 0.2) is 23.1 Å². The average Bonchev–Trinajstić information content (AvgIpc) is 1.82. The zero-order chi connectivity index (χ0) is 9.35. The minimum absolute atomic E-state index is 0. The van der Waals surface area contributed by atoms with Gasteiger partial charge < -0.3 is 1.43 Å². The van der Waals surface area contributed by atoms with Crippen molar-refractivity contribution >= 4 is 33.3 Å². The minimum atomic E-state index is -4.22. The zero-order valence-corrected chi connectivity index (χ0v) is 11.0. The molecule has 13 heavy (non-hydrogen) atoms. The first-order valence-electron chi connectivity index (χ1n) is 2.83. The zero-order valence-electron chi connectivity index (χ0n) is 7.66. The molecule has 1 rings (SSSR count). The number of hydrogen-bond acceptors (Lipinski definition) is 2. The maximum absolute atomic E-state index is 10.6. The monoisotopic (exact) mass is 250 g/mol. The van der Waals surface area contributed by atoms with E-state index < -0.39 is 10.1 Å². The Morgan fingerprint density at radius 2 is 1.54 bits per heavy atom. The van der Waals surface area contributed by atoms with Gasteiger partial charge in [0.05, 0.1) is 4.90 Å². The predicted molar refractivity (Wildman–Crippen MR) is 47.4 cm³/mol. The van der Waals surface area contributed by atoms with Gasteiger partial charge in [-0.2, -0.15) is 8.42 Å². The van der Waals surface area contributed by atoms with Crippen molar-refractivity contribution in [2.45, 2.75) is 4.90 Å². The molecule has 0 radical (unpaired) electrons. The Labute approximate surface area is 110 Å². The van der Waals surface area contributed by atoms with E-state index in [9.17, 15) is 8.42 Å². The average molecular weight is 251 g/mol. The predicted octanol–water partition coefficient (Wildman–Crippen LogP) is -0.643. The fourth-order valence-corrected chi connectivity index (χ4v) is 1.88. The van der Waals surface area contributed by atoms with Crippen molar-refractivity contribution in [2.75, 3.05) is 0 Å². The van der Waals surface area contributed by atoms with E-state index in [0.717, 1.165) is 12.1 Å². The molecule has 0 saturated carbocycles. The Bertz CT molecular complexity index is 389. The summed E-state index contributed by atoms with van der Waals surface area (Å²) in [6, 6.07) is 3.60. The van der Waals surface area contributed by atoms with Gasteiger partial charge in [-0.1, -0.05) is 23.2 Å². The smallest absolute Gasteiger partial charge is 1.00 e. The standard InChI is InChI=1S/C6H4Cl2O3S.Na.H/c7-4-1-5(8)3-6(2-4)12(9,10)11;;/h1-3H,(H,9,10,11);;/q;+1;-1. The third-order valence-electron chi connectivity index (χ3n) is 1.13. The first-order valence-corrected chi connectivity index (χ1v) is 5.03. The van der Waals surface area contributed by atoms with E-state index in [4.69, 9.17) is 27.8 Å². The van der Waals surface area contributed by atoms with Crippen LogP contribution < -0.4 is 29.6 Å². The summed E-state index contributed by atoms with van der Waals surface area (Å²) in [5.74, 6) is 0. The van der Waals surface area contributed by atoms with Crippen LogP contribution in [0.4, 0.5) is 0 Å². The Hall–Kier alpha value is 0.710.